The molecule has 4 rings (SSSR count). The van der Waals surface area contributed by atoms with Gasteiger partial charge >= 0.3 is 181 Å². The van der Waals surface area contributed by atoms with Crippen molar-refractivity contribution < 1.29 is 16.6 Å². The van der Waals surface area contributed by atoms with E-state index in [-0.39, 0.29) is 7.44 Å². The molecular formula is C28H32Ti. The molecule has 0 radical (unpaired) electrons. The molecule has 0 saturated carbocycles. The van der Waals surface area contributed by atoms with Crippen LogP contribution in [0.1, 0.15) is 38.8 Å². The van der Waals surface area contributed by atoms with Gasteiger partial charge < -0.3 is 0 Å². The van der Waals surface area contributed by atoms with Crippen molar-refractivity contribution in [1.29, 1.82) is 0 Å². The van der Waals surface area contributed by atoms with Crippen molar-refractivity contribution in [3.63, 3.8) is 0 Å². The van der Waals surface area contributed by atoms with E-state index in [0.29, 0.717) is 0 Å². The molecule has 0 N–H and O–H groups in total. The Morgan fingerprint density at radius 3 is 1.31 bits per heavy atom. The molecule has 0 bridgehead atoms. The SMILES string of the molecule is CC1=C[C](C)([Ti]([CH2]c2ccccc2)([CH2]c2ccccc2)[C]2(C)C=CC(C)=C2)C=C1. The van der Waals surface area contributed by atoms with Crippen LogP contribution in [0.15, 0.2) is 108 Å². The van der Waals surface area contributed by atoms with Gasteiger partial charge in [0, 0.05) is 0 Å². The van der Waals surface area contributed by atoms with Gasteiger partial charge in [-0.25, -0.2) is 0 Å². The van der Waals surface area contributed by atoms with E-state index >= 15 is 0 Å². The van der Waals surface area contributed by atoms with Crippen LogP contribution in [0, 0.1) is 0 Å². The molecule has 29 heavy (non-hydrogen) atoms. The Morgan fingerprint density at radius 1 is 0.621 bits per heavy atom. The summed E-state index contributed by atoms with van der Waals surface area (Å²) >= 11 is -2.79. The Hall–Kier alpha value is -1.89. The van der Waals surface area contributed by atoms with Crippen LogP contribution in [-0.2, 0) is 26.0 Å². The number of hydrogen-bond acceptors (Lipinski definition) is 0. The number of allylic oxidation sites excluding steroid dienone is 8. The normalized spacial score (nSPS) is 25.9. The molecule has 0 spiro atoms. The van der Waals surface area contributed by atoms with Gasteiger partial charge in [0.2, 0.25) is 0 Å². The van der Waals surface area contributed by atoms with Crippen LogP contribution in [0.2, 0.25) is 7.44 Å². The van der Waals surface area contributed by atoms with Gasteiger partial charge in [-0.15, -0.1) is 0 Å². The molecule has 0 fully saturated rings. The van der Waals surface area contributed by atoms with Crippen LogP contribution in [0.5, 0.6) is 0 Å². The topological polar surface area (TPSA) is 0 Å². The molecule has 1 heteroatoms. The van der Waals surface area contributed by atoms with Crippen LogP contribution < -0.4 is 0 Å². The Kier molecular flexibility index (Phi) is 5.45. The van der Waals surface area contributed by atoms with Crippen LogP contribution in [0.4, 0.5) is 0 Å². The van der Waals surface area contributed by atoms with Crippen molar-refractivity contribution >= 4 is 0 Å². The maximum absolute atomic E-state index is 2.79. The third kappa shape index (κ3) is 3.69. The van der Waals surface area contributed by atoms with Gasteiger partial charge in [0.05, 0.1) is 0 Å². The van der Waals surface area contributed by atoms with Crippen molar-refractivity contribution in [2.45, 2.75) is 44.6 Å². The van der Waals surface area contributed by atoms with Crippen LogP contribution >= 0.6 is 0 Å². The summed E-state index contributed by atoms with van der Waals surface area (Å²) in [6, 6.07) is 22.4. The first-order valence-corrected chi connectivity index (χ1v) is 14.5. The fraction of sp³-hybridized carbons (Fsp3) is 0.286. The maximum atomic E-state index is 2.58. The molecule has 2 aliphatic rings. The van der Waals surface area contributed by atoms with Gasteiger partial charge in [-0.1, -0.05) is 0 Å². The van der Waals surface area contributed by atoms with Gasteiger partial charge in [0.25, 0.3) is 0 Å². The zero-order chi connectivity index (χ0) is 20.5. The summed E-state index contributed by atoms with van der Waals surface area (Å²) in [5, 5.41) is 0. The third-order valence-electron chi connectivity index (χ3n) is 7.20. The number of rotatable bonds is 6. The third-order valence-corrected chi connectivity index (χ3v) is 17.8. The summed E-state index contributed by atoms with van der Waals surface area (Å²) in [6.07, 6.45) is 15.0. The molecule has 0 heterocycles. The van der Waals surface area contributed by atoms with Crippen molar-refractivity contribution in [2.24, 2.45) is 0 Å². The van der Waals surface area contributed by atoms with Gasteiger partial charge in [-0.3, -0.25) is 0 Å². The zero-order valence-corrected chi connectivity index (χ0v) is 19.7. The van der Waals surface area contributed by atoms with E-state index in [2.05, 4.69) is 125 Å². The van der Waals surface area contributed by atoms with E-state index in [9.17, 15) is 0 Å². The Morgan fingerprint density at radius 2 is 1.00 bits per heavy atom. The molecule has 0 aromatic heterocycles. The molecule has 0 aliphatic heterocycles. The van der Waals surface area contributed by atoms with Crippen molar-refractivity contribution in [3.8, 4) is 0 Å². The van der Waals surface area contributed by atoms with E-state index in [1.54, 1.807) is 0 Å². The quantitative estimate of drug-likeness (QED) is 0.420. The summed E-state index contributed by atoms with van der Waals surface area (Å²) in [5.41, 5.74) is 5.80. The summed E-state index contributed by atoms with van der Waals surface area (Å²) in [5.74, 6) is 0. The predicted octanol–water partition coefficient (Wildman–Crippen LogP) is 7.93. The van der Waals surface area contributed by atoms with Crippen molar-refractivity contribution in [2.75, 3.05) is 0 Å². The summed E-state index contributed by atoms with van der Waals surface area (Å²) < 4.78 is 2.72. The first-order valence-electron chi connectivity index (χ1n) is 10.7. The van der Waals surface area contributed by atoms with E-state index in [0.717, 1.165) is 0 Å². The average Bonchev–Trinajstić information content (AvgIpc) is 3.25. The molecule has 2 aromatic carbocycles. The van der Waals surface area contributed by atoms with E-state index in [1.807, 2.05) is 0 Å². The molecule has 0 amide bonds. The second kappa shape index (κ2) is 7.75. The first-order chi connectivity index (χ1) is 13.9. The summed E-state index contributed by atoms with van der Waals surface area (Å²) in [6.45, 7) is 9.56. The Labute approximate surface area is 180 Å². The molecule has 2 aliphatic carbocycles. The Balaban J connectivity index is 1.94. The van der Waals surface area contributed by atoms with E-state index in [4.69, 9.17) is 0 Å². The fourth-order valence-electron chi connectivity index (χ4n) is 5.64. The monoisotopic (exact) mass is 416 g/mol. The zero-order valence-electron chi connectivity index (χ0n) is 18.2. The minimum absolute atomic E-state index is 0.149. The molecule has 148 valence electrons. The van der Waals surface area contributed by atoms with Gasteiger partial charge in [-0.05, 0) is 0 Å². The van der Waals surface area contributed by atoms with Gasteiger partial charge in [-0.2, -0.15) is 0 Å². The predicted molar refractivity (Wildman–Crippen MR) is 123 cm³/mol. The molecule has 0 nitrogen and oxygen atoms in total. The van der Waals surface area contributed by atoms with Crippen molar-refractivity contribution in [1.82, 2.24) is 0 Å². The second-order valence-electron chi connectivity index (χ2n) is 9.42. The molecule has 0 saturated heterocycles. The minimum atomic E-state index is -2.79. The standard InChI is InChI=1S/2C7H9.2C7H7.Ti/c2*1-6-3-4-7(2)5-6;2*1-7-5-3-2-4-6-7;/h2*3-5H,1-2H3;2*2-6H,1H2;. The molecule has 2 aromatic rings. The van der Waals surface area contributed by atoms with Gasteiger partial charge in [0.15, 0.2) is 0 Å². The second-order valence-corrected chi connectivity index (χ2v) is 17.3. The molecular weight excluding hydrogens is 384 g/mol. The van der Waals surface area contributed by atoms with E-state index in [1.165, 1.54) is 31.7 Å². The summed E-state index contributed by atoms with van der Waals surface area (Å²) in [7, 11) is 0. The molecule has 2 unspecified atom stereocenters. The number of hydrogen-bond donors (Lipinski definition) is 0. The first kappa shape index (κ1) is 20.4. The van der Waals surface area contributed by atoms with Crippen molar-refractivity contribution in [3.05, 3.63) is 119 Å². The van der Waals surface area contributed by atoms with Crippen LogP contribution in [0.25, 0.3) is 0 Å². The van der Waals surface area contributed by atoms with Crippen LogP contribution in [-0.4, -0.2) is 0 Å². The number of benzene rings is 2. The van der Waals surface area contributed by atoms with E-state index < -0.39 is 16.6 Å². The van der Waals surface area contributed by atoms with Gasteiger partial charge in [0.1, 0.15) is 0 Å². The molecule has 2 atom stereocenters. The summed E-state index contributed by atoms with van der Waals surface area (Å²) in [4.78, 5) is 0. The average molecular weight is 416 g/mol. The van der Waals surface area contributed by atoms with Crippen LogP contribution in [0.3, 0.4) is 0 Å². The fourth-order valence-corrected chi connectivity index (χ4v) is 15.8. The Bertz CT molecular complexity index is 910.